The van der Waals surface area contributed by atoms with Crippen molar-refractivity contribution in [2.24, 2.45) is 5.73 Å². The maximum absolute atomic E-state index is 13.8. The Balaban J connectivity index is 1.26. The number of hydrogen-bond donors (Lipinski definition) is 4. The molecule has 5 N–H and O–H groups in total. The highest BCUT2D eigenvalue weighted by molar-refractivity contribution is 6.05. The van der Waals surface area contributed by atoms with Gasteiger partial charge in [-0.3, -0.25) is 48.9 Å². The highest BCUT2D eigenvalue weighted by Crippen LogP contribution is 2.33. The number of morpholine rings is 1. The summed E-state index contributed by atoms with van der Waals surface area (Å²) in [4.78, 5) is 69.5. The molecule has 7 rings (SSSR count). The fourth-order valence-electron chi connectivity index (χ4n) is 7.42. The average Bonchev–Trinajstić information content (AvgIpc) is 4.07. The number of allylic oxidation sites excluding steroid dienone is 2. The Bertz CT molecular complexity index is 2850. The summed E-state index contributed by atoms with van der Waals surface area (Å²) in [5.74, 6) is 5.02. The second-order valence-electron chi connectivity index (χ2n) is 14.9. The zero-order valence-corrected chi connectivity index (χ0v) is 37.1. The maximum Gasteiger partial charge on any atom is 0.276 e. The summed E-state index contributed by atoms with van der Waals surface area (Å²) in [7, 11) is 2.79. The van der Waals surface area contributed by atoms with Crippen molar-refractivity contribution in [3.8, 4) is 23.3 Å². The van der Waals surface area contributed by atoms with Crippen molar-refractivity contribution in [1.29, 1.82) is 0 Å². The molecule has 0 atom stereocenters. The van der Waals surface area contributed by atoms with Crippen LogP contribution in [0.15, 0.2) is 48.6 Å². The van der Waals surface area contributed by atoms with Gasteiger partial charge in [0.25, 0.3) is 17.7 Å². The summed E-state index contributed by atoms with van der Waals surface area (Å²) >= 11 is 0. The molecule has 0 radical (unpaired) electrons. The number of imidazole rings is 2. The number of methoxy groups -OCH3 is 1. The summed E-state index contributed by atoms with van der Waals surface area (Å²) in [5, 5.41) is 14.7. The van der Waals surface area contributed by atoms with Crippen molar-refractivity contribution < 1.29 is 38.2 Å². The molecule has 4 aromatic heterocycles. The van der Waals surface area contributed by atoms with Crippen molar-refractivity contribution in [1.82, 2.24) is 49.0 Å². The van der Waals surface area contributed by atoms with E-state index >= 15 is 0 Å². The fourth-order valence-corrected chi connectivity index (χ4v) is 7.42. The number of aromatic nitrogens is 8. The number of benzene rings is 2. The zero-order valence-electron chi connectivity index (χ0n) is 37.1. The van der Waals surface area contributed by atoms with Crippen molar-refractivity contribution in [3.63, 3.8) is 0 Å². The molecule has 340 valence electrons. The molecule has 4 amide bonds. The Labute approximate surface area is 373 Å². The molecular formula is C44H51N13O8. The van der Waals surface area contributed by atoms with Crippen LogP contribution in [0.4, 0.5) is 11.9 Å². The Morgan fingerprint density at radius 2 is 1.29 bits per heavy atom. The molecule has 1 saturated heterocycles. The number of rotatable bonds is 17. The number of amides is 4. The van der Waals surface area contributed by atoms with E-state index in [1.54, 1.807) is 56.6 Å². The molecule has 6 aromatic rings. The van der Waals surface area contributed by atoms with Crippen LogP contribution in [0.2, 0.25) is 0 Å². The molecule has 1 fully saturated rings. The number of primary amides is 1. The lowest BCUT2D eigenvalue weighted by Gasteiger charge is -2.24. The third kappa shape index (κ3) is 10.1. The van der Waals surface area contributed by atoms with E-state index in [4.69, 9.17) is 34.7 Å². The van der Waals surface area contributed by atoms with Gasteiger partial charge in [-0.05, 0) is 64.1 Å². The molecule has 2 aromatic carbocycles. The standard InChI is InChI=1S/C44H51N13O8/c1-7-56-33(21-27(3)50-56)41(60)48-43-47-32-24-30(40(59)52-63-6)26-35(62-5)37(32)54(43)14-9-10-15-55-38-31(46-44(55)49-42(61)34-22-28(4)51-57(34)8-2)23-29(39(45)58)25-36(38)65-18-12-11-13-53-16-19-64-20-17-53/h9-10,21-26H,7-8,13-20H2,1-6H3,(H2,45,58)(H,52,59)(H,46,49,61)(H,47,48,60)/b10-9+. The maximum atomic E-state index is 13.8. The van der Waals surface area contributed by atoms with Crippen LogP contribution >= 0.6 is 0 Å². The quantitative estimate of drug-likeness (QED) is 0.0585. The first kappa shape index (κ1) is 45.5. The number of fused-ring (bicyclic) bond motifs is 2. The predicted octanol–water partition coefficient (Wildman–Crippen LogP) is 3.31. The van der Waals surface area contributed by atoms with Gasteiger partial charge in [0.15, 0.2) is 0 Å². The Hall–Kier alpha value is -7.54. The summed E-state index contributed by atoms with van der Waals surface area (Å²) in [6.07, 6.45) is 3.68. The first-order valence-electron chi connectivity index (χ1n) is 20.9. The first-order chi connectivity index (χ1) is 31.4. The first-order valence-corrected chi connectivity index (χ1v) is 20.9. The van der Waals surface area contributed by atoms with Crippen LogP contribution in [-0.4, -0.2) is 121 Å². The molecule has 5 heterocycles. The topological polar surface area (TPSA) is 242 Å². The molecule has 0 unspecified atom stereocenters. The van der Waals surface area contributed by atoms with Gasteiger partial charge in [0, 0.05) is 50.4 Å². The van der Waals surface area contributed by atoms with Crippen LogP contribution in [0.3, 0.4) is 0 Å². The normalized spacial score (nSPS) is 13.0. The molecule has 0 spiro atoms. The Kier molecular flexibility index (Phi) is 14.2. The molecule has 1 aliphatic rings. The summed E-state index contributed by atoms with van der Waals surface area (Å²) in [5.41, 5.74) is 12.1. The Morgan fingerprint density at radius 3 is 1.82 bits per heavy atom. The summed E-state index contributed by atoms with van der Waals surface area (Å²) in [6, 6.07) is 9.56. The predicted molar refractivity (Wildman–Crippen MR) is 240 cm³/mol. The number of carbonyl (C=O) groups excluding carboxylic acids is 4. The fraction of sp³-hybridized carbons (Fsp3) is 0.364. The minimum Gasteiger partial charge on any atom is -0.494 e. The Morgan fingerprint density at radius 1 is 0.754 bits per heavy atom. The SMILES string of the molecule is CCn1nc(C)cc1C(=O)Nc1nc2cc(C(=O)NOC)cc(OC)c2n1C/C=C/Cn1c(NC(=O)c2cc(C)nn2CC)nc2cc(C(N)=O)cc(OCC#CCN3CCOCC3)c21. The molecule has 65 heavy (non-hydrogen) atoms. The molecule has 1 aliphatic heterocycles. The van der Waals surface area contributed by atoms with Gasteiger partial charge in [0.1, 0.15) is 40.5 Å². The molecule has 0 aliphatic carbocycles. The third-order valence-corrected chi connectivity index (χ3v) is 10.5. The number of nitrogens with two attached hydrogens (primary N) is 1. The molecule has 21 heteroatoms. The van der Waals surface area contributed by atoms with Crippen molar-refractivity contribution >= 4 is 57.6 Å². The van der Waals surface area contributed by atoms with Crippen LogP contribution in [0.5, 0.6) is 11.5 Å². The summed E-state index contributed by atoms with van der Waals surface area (Å²) in [6.45, 7) is 12.0. The number of nitrogens with zero attached hydrogens (tertiary/aromatic N) is 9. The van der Waals surface area contributed by atoms with Gasteiger partial charge in [-0.15, -0.1) is 0 Å². The molecular weight excluding hydrogens is 839 g/mol. The monoisotopic (exact) mass is 889 g/mol. The van der Waals surface area contributed by atoms with Crippen molar-refractivity contribution in [2.45, 2.75) is 53.9 Å². The molecule has 21 nitrogen and oxygen atoms in total. The minimum absolute atomic E-state index is 0.00316. The van der Waals surface area contributed by atoms with Gasteiger partial charge < -0.3 is 29.1 Å². The van der Waals surface area contributed by atoms with Crippen LogP contribution < -0.4 is 31.3 Å². The smallest absolute Gasteiger partial charge is 0.276 e. The van der Waals surface area contributed by atoms with Gasteiger partial charge >= 0.3 is 0 Å². The molecule has 0 saturated carbocycles. The highest BCUT2D eigenvalue weighted by atomic mass is 16.6. The third-order valence-electron chi connectivity index (χ3n) is 10.5. The average molecular weight is 890 g/mol. The van der Waals surface area contributed by atoms with Gasteiger partial charge in [-0.25, -0.2) is 15.4 Å². The van der Waals surface area contributed by atoms with Gasteiger partial charge in [0.2, 0.25) is 17.8 Å². The minimum atomic E-state index is -0.691. The van der Waals surface area contributed by atoms with E-state index in [0.29, 0.717) is 83.4 Å². The number of carbonyl (C=O) groups is 4. The summed E-state index contributed by atoms with van der Waals surface area (Å²) < 4.78 is 24.1. The second-order valence-corrected chi connectivity index (χ2v) is 14.9. The van der Waals surface area contributed by atoms with Crippen molar-refractivity contribution in [3.05, 3.63) is 82.5 Å². The van der Waals surface area contributed by atoms with Gasteiger partial charge in [-0.1, -0.05) is 24.0 Å². The number of anilines is 2. The van der Waals surface area contributed by atoms with E-state index in [-0.39, 0.29) is 48.5 Å². The lowest BCUT2D eigenvalue weighted by Crippen LogP contribution is -2.36. The van der Waals surface area contributed by atoms with E-state index in [1.165, 1.54) is 26.4 Å². The zero-order chi connectivity index (χ0) is 46.2. The molecule has 0 bridgehead atoms. The van der Waals surface area contributed by atoms with Gasteiger partial charge in [-0.2, -0.15) is 10.2 Å². The lowest BCUT2D eigenvalue weighted by molar-refractivity contribution is 0.0443. The van der Waals surface area contributed by atoms with E-state index in [2.05, 4.69) is 43.1 Å². The number of nitrogens with one attached hydrogen (secondary N) is 3. The number of aryl methyl sites for hydroxylation is 4. The van der Waals surface area contributed by atoms with Crippen LogP contribution in [-0.2, 0) is 35.8 Å². The van der Waals surface area contributed by atoms with Crippen LogP contribution in [0, 0.1) is 25.7 Å². The van der Waals surface area contributed by atoms with Crippen molar-refractivity contribution in [2.75, 3.05) is 64.3 Å². The van der Waals surface area contributed by atoms with Crippen LogP contribution in [0.25, 0.3) is 22.1 Å². The lowest BCUT2D eigenvalue weighted by atomic mass is 10.1. The van der Waals surface area contributed by atoms with Gasteiger partial charge in [0.05, 0.1) is 56.4 Å². The van der Waals surface area contributed by atoms with E-state index in [1.807, 2.05) is 26.0 Å². The number of hydroxylamine groups is 1. The largest absolute Gasteiger partial charge is 0.494 e. The van der Waals surface area contributed by atoms with E-state index in [9.17, 15) is 19.2 Å². The number of ether oxygens (including phenoxy) is 3. The highest BCUT2D eigenvalue weighted by Gasteiger charge is 2.24. The number of hydrogen-bond acceptors (Lipinski definition) is 13. The van der Waals surface area contributed by atoms with E-state index in [0.717, 1.165) is 13.1 Å². The van der Waals surface area contributed by atoms with Crippen LogP contribution in [0.1, 0.15) is 66.9 Å². The van der Waals surface area contributed by atoms with E-state index < -0.39 is 23.6 Å². The second kappa shape index (κ2) is 20.3.